The maximum absolute atomic E-state index is 6.08. The zero-order valence-electron chi connectivity index (χ0n) is 27.7. The van der Waals surface area contributed by atoms with Crippen LogP contribution in [-0.4, -0.2) is 166 Å². The average Bonchev–Trinajstić information content (AvgIpc) is 3.03. The molecule has 0 amide bonds. The van der Waals surface area contributed by atoms with E-state index in [9.17, 15) is 0 Å². The van der Waals surface area contributed by atoms with Crippen LogP contribution in [0.1, 0.15) is 12.8 Å². The quantitative estimate of drug-likeness (QED) is 0.0636. The first kappa shape index (κ1) is 45.0. The van der Waals surface area contributed by atoms with Crippen LogP contribution in [0.15, 0.2) is 0 Å². The molecule has 0 heterocycles. The van der Waals surface area contributed by atoms with Crippen LogP contribution in [0.2, 0.25) is 12.1 Å². The molecule has 0 fully saturated rings. The highest BCUT2D eigenvalue weighted by Crippen LogP contribution is 2.18. The van der Waals surface area contributed by atoms with Gasteiger partial charge >= 0.3 is 17.6 Å². The molecule has 0 saturated carbocycles. The van der Waals surface area contributed by atoms with Gasteiger partial charge in [0.1, 0.15) is 0 Å². The van der Waals surface area contributed by atoms with E-state index in [2.05, 4.69) is 5.32 Å². The molecule has 0 saturated heterocycles. The summed E-state index contributed by atoms with van der Waals surface area (Å²) in [5.41, 5.74) is 11.1. The number of nitrogens with two attached hydrogens (primary N) is 2. The highest BCUT2D eigenvalue weighted by molar-refractivity contribution is 6.61. The zero-order chi connectivity index (χ0) is 32.3. The summed E-state index contributed by atoms with van der Waals surface area (Å²) in [4.78, 5) is 0. The van der Waals surface area contributed by atoms with Crippen molar-refractivity contribution in [3.05, 3.63) is 0 Å². The Balaban J connectivity index is 0. The molecule has 262 valence electrons. The zero-order valence-corrected chi connectivity index (χ0v) is 29.7. The molecule has 0 rings (SSSR count). The van der Waals surface area contributed by atoms with Crippen molar-refractivity contribution in [2.45, 2.75) is 24.9 Å². The molecule has 0 aliphatic carbocycles. The van der Waals surface area contributed by atoms with Gasteiger partial charge in [-0.05, 0) is 25.9 Å². The Kier molecular flexibility index (Phi) is 36.3. The van der Waals surface area contributed by atoms with Crippen molar-refractivity contribution in [1.29, 1.82) is 0 Å². The number of hydrogen-bond acceptors (Lipinski definition) is 15. The first-order valence-corrected chi connectivity index (χ1v) is 18.7. The average molecular weight is 666 g/mol. The van der Waals surface area contributed by atoms with Gasteiger partial charge in [0.25, 0.3) is 0 Å². The third-order valence-electron chi connectivity index (χ3n) is 5.72. The maximum atomic E-state index is 6.08. The van der Waals surface area contributed by atoms with Gasteiger partial charge in [-0.1, -0.05) is 0 Å². The van der Waals surface area contributed by atoms with Gasteiger partial charge in [-0.2, -0.15) is 0 Å². The summed E-state index contributed by atoms with van der Waals surface area (Å²) in [7, 11) is 4.51. The van der Waals surface area contributed by atoms with Crippen molar-refractivity contribution in [2.75, 3.05) is 148 Å². The molecule has 0 aliphatic rings. The molecule has 43 heavy (non-hydrogen) atoms. The molecule has 0 aromatic heterocycles. The third-order valence-corrected chi connectivity index (χ3v) is 11.5. The third kappa shape index (κ3) is 27.8. The molecule has 17 heteroatoms. The SMILES string of the molecule is COCCOCCO[Si](CCCN)(OCCOCCOC)OCCOCCOC.CO[Si](CCCNCCN)(OC)OC. The standard InChI is InChI=1S/C18H41NO9Si.C8H22N2O3Si/c1-20-6-9-23-12-15-26-29(18-4-5-19,27-16-13-24-10-7-21-2)28-17-14-25-11-8-22-3;1-11-14(12-2,13-3)8-4-6-10-7-5-9/h4-19H2,1-3H3;10H,4-9H2,1-3H3. The predicted octanol–water partition coefficient (Wildman–Crippen LogP) is 0.116. The van der Waals surface area contributed by atoms with Gasteiger partial charge in [-0.25, -0.2) is 0 Å². The number of ether oxygens (including phenoxy) is 6. The molecule has 0 radical (unpaired) electrons. The summed E-state index contributed by atoms with van der Waals surface area (Å²) in [6.07, 6.45) is 1.72. The molecule has 0 aromatic carbocycles. The van der Waals surface area contributed by atoms with E-state index in [0.717, 1.165) is 32.0 Å². The Hall–Kier alpha value is -0.166. The Morgan fingerprint density at radius 2 is 0.837 bits per heavy atom. The van der Waals surface area contributed by atoms with E-state index in [0.29, 0.717) is 98.4 Å². The fourth-order valence-electron chi connectivity index (χ4n) is 3.37. The highest BCUT2D eigenvalue weighted by atomic mass is 28.4. The van der Waals surface area contributed by atoms with Gasteiger partial charge in [-0.15, -0.1) is 0 Å². The second-order valence-corrected chi connectivity index (χ2v) is 14.7. The van der Waals surface area contributed by atoms with Gasteiger partial charge in [0.05, 0.1) is 79.3 Å². The molecule has 0 bridgehead atoms. The van der Waals surface area contributed by atoms with Gasteiger partial charge in [0, 0.05) is 67.8 Å². The fraction of sp³-hybridized carbons (Fsp3) is 1.00. The Morgan fingerprint density at radius 1 is 0.442 bits per heavy atom. The van der Waals surface area contributed by atoms with E-state index < -0.39 is 17.6 Å². The molecular weight excluding hydrogens is 602 g/mol. The molecular formula is C26H63N3O12Si2. The predicted molar refractivity (Wildman–Crippen MR) is 168 cm³/mol. The van der Waals surface area contributed by atoms with Crippen LogP contribution < -0.4 is 16.8 Å². The first-order valence-electron chi connectivity index (χ1n) is 14.9. The Labute approximate surface area is 262 Å². The van der Waals surface area contributed by atoms with Crippen LogP contribution in [0.4, 0.5) is 0 Å². The number of rotatable bonds is 33. The lowest BCUT2D eigenvalue weighted by atomic mass is 10.5. The van der Waals surface area contributed by atoms with Crippen LogP contribution in [-0.2, 0) is 55.0 Å². The van der Waals surface area contributed by atoms with E-state index in [1.165, 1.54) is 0 Å². The number of nitrogens with one attached hydrogen (secondary N) is 1. The van der Waals surface area contributed by atoms with Crippen molar-refractivity contribution < 1.29 is 55.0 Å². The number of hydrogen-bond donors (Lipinski definition) is 3. The molecule has 0 spiro atoms. The summed E-state index contributed by atoms with van der Waals surface area (Å²) < 4.78 is 65.4. The van der Waals surface area contributed by atoms with Crippen LogP contribution in [0.3, 0.4) is 0 Å². The van der Waals surface area contributed by atoms with Crippen LogP contribution in [0.5, 0.6) is 0 Å². The molecule has 0 atom stereocenters. The summed E-state index contributed by atoms with van der Waals surface area (Å²) in [5.74, 6) is 0. The van der Waals surface area contributed by atoms with E-state index in [4.69, 9.17) is 66.4 Å². The van der Waals surface area contributed by atoms with E-state index in [-0.39, 0.29) is 0 Å². The summed E-state index contributed by atoms with van der Waals surface area (Å²) >= 11 is 0. The molecule has 0 aliphatic heterocycles. The largest absolute Gasteiger partial charge is 0.501 e. The second kappa shape index (κ2) is 34.7. The highest BCUT2D eigenvalue weighted by Gasteiger charge is 2.40. The van der Waals surface area contributed by atoms with Gasteiger partial charge < -0.3 is 71.8 Å². The summed E-state index contributed by atoms with van der Waals surface area (Å²) in [6.45, 7) is 8.54. The lowest BCUT2D eigenvalue weighted by Gasteiger charge is -2.30. The maximum Gasteiger partial charge on any atom is 0.501 e. The lowest BCUT2D eigenvalue weighted by molar-refractivity contribution is -0.0111. The van der Waals surface area contributed by atoms with Crippen LogP contribution in [0.25, 0.3) is 0 Å². The topological polar surface area (TPSA) is 175 Å². The van der Waals surface area contributed by atoms with E-state index >= 15 is 0 Å². The van der Waals surface area contributed by atoms with Gasteiger partial charge in [0.2, 0.25) is 0 Å². The molecule has 0 unspecified atom stereocenters. The van der Waals surface area contributed by atoms with Crippen molar-refractivity contribution in [2.24, 2.45) is 11.5 Å². The summed E-state index contributed by atoms with van der Waals surface area (Å²) in [6, 6.07) is 1.45. The Bertz CT molecular complexity index is 499. The van der Waals surface area contributed by atoms with Gasteiger partial charge in [-0.3, -0.25) is 0 Å². The first-order chi connectivity index (χ1) is 21.0. The minimum Gasteiger partial charge on any atom is -0.382 e. The fourth-order valence-corrected chi connectivity index (χ4v) is 7.60. The lowest BCUT2D eigenvalue weighted by Crippen LogP contribution is -2.48. The van der Waals surface area contributed by atoms with Crippen molar-refractivity contribution in [3.8, 4) is 0 Å². The molecule has 15 nitrogen and oxygen atoms in total. The Morgan fingerprint density at radius 3 is 1.19 bits per heavy atom. The minimum atomic E-state index is -2.94. The monoisotopic (exact) mass is 665 g/mol. The van der Waals surface area contributed by atoms with Crippen LogP contribution >= 0.6 is 0 Å². The normalized spacial score (nSPS) is 12.0. The van der Waals surface area contributed by atoms with E-state index in [1.54, 1.807) is 42.7 Å². The number of methoxy groups -OCH3 is 3. The van der Waals surface area contributed by atoms with Crippen molar-refractivity contribution in [1.82, 2.24) is 5.32 Å². The van der Waals surface area contributed by atoms with Crippen molar-refractivity contribution in [3.63, 3.8) is 0 Å². The van der Waals surface area contributed by atoms with E-state index in [1.807, 2.05) is 0 Å². The minimum absolute atomic E-state index is 0.371. The smallest absolute Gasteiger partial charge is 0.382 e. The second-order valence-electron chi connectivity index (χ2n) is 8.87. The van der Waals surface area contributed by atoms with Gasteiger partial charge in [0.15, 0.2) is 0 Å². The van der Waals surface area contributed by atoms with Crippen molar-refractivity contribution >= 4 is 17.6 Å². The molecule has 5 N–H and O–H groups in total. The van der Waals surface area contributed by atoms with Crippen LogP contribution in [0, 0.1) is 0 Å². The summed E-state index contributed by atoms with van der Waals surface area (Å²) in [5, 5.41) is 3.21. The molecule has 0 aromatic rings.